The maximum absolute atomic E-state index is 14.1. The molecule has 3 rings (SSSR count). The van der Waals surface area contributed by atoms with E-state index in [9.17, 15) is 13.2 Å². The molecule has 2 aromatic rings. The first-order chi connectivity index (χ1) is 13.0. The molecule has 0 spiro atoms. The average molecular weight is 378 g/mol. The smallest absolute Gasteiger partial charge is 0.165 e. The number of halogens is 3. The minimum atomic E-state index is -0.944. The molecule has 1 N–H and O–H groups in total. The van der Waals surface area contributed by atoms with E-state index in [4.69, 9.17) is 9.84 Å². The van der Waals surface area contributed by atoms with Crippen molar-refractivity contribution in [3.8, 4) is 5.75 Å². The van der Waals surface area contributed by atoms with Crippen LogP contribution in [0.15, 0.2) is 30.3 Å². The third-order valence-electron chi connectivity index (χ3n) is 5.73. The Kier molecular flexibility index (Phi) is 6.42. The number of aliphatic hydroxyl groups excluding tert-OH is 1. The standard InChI is InChI=1S/C22H25F3O2/c1-27-20-11-10-17(12-19(20)23)15-5-2-14(3-6-15)4-7-16-8-9-18(13-26)22(25)21(16)24/h8-12,14-15,26H,2-7,13H2,1H3. The van der Waals surface area contributed by atoms with Gasteiger partial charge in [0.2, 0.25) is 0 Å². The fourth-order valence-corrected chi connectivity index (χ4v) is 4.03. The highest BCUT2D eigenvalue weighted by Crippen LogP contribution is 2.38. The Labute approximate surface area is 158 Å². The highest BCUT2D eigenvalue weighted by atomic mass is 19.2. The Morgan fingerprint density at radius 1 is 0.963 bits per heavy atom. The minimum Gasteiger partial charge on any atom is -0.494 e. The van der Waals surface area contributed by atoms with Crippen molar-refractivity contribution >= 4 is 0 Å². The van der Waals surface area contributed by atoms with Crippen molar-refractivity contribution in [1.29, 1.82) is 0 Å². The summed E-state index contributed by atoms with van der Waals surface area (Å²) >= 11 is 0. The molecular formula is C22H25F3O2. The number of hydrogen-bond acceptors (Lipinski definition) is 2. The van der Waals surface area contributed by atoms with Gasteiger partial charge in [0.05, 0.1) is 13.7 Å². The molecule has 0 aliphatic heterocycles. The summed E-state index contributed by atoms with van der Waals surface area (Å²) < 4.78 is 46.7. The van der Waals surface area contributed by atoms with Gasteiger partial charge in [-0.15, -0.1) is 0 Å². The van der Waals surface area contributed by atoms with Gasteiger partial charge >= 0.3 is 0 Å². The number of aliphatic hydroxyl groups is 1. The van der Waals surface area contributed by atoms with Crippen molar-refractivity contribution in [3.63, 3.8) is 0 Å². The van der Waals surface area contributed by atoms with E-state index in [0.717, 1.165) is 37.7 Å². The van der Waals surface area contributed by atoms with Crippen molar-refractivity contribution in [3.05, 3.63) is 64.5 Å². The van der Waals surface area contributed by atoms with E-state index in [0.29, 0.717) is 23.8 Å². The first kappa shape index (κ1) is 19.7. The van der Waals surface area contributed by atoms with Crippen LogP contribution >= 0.6 is 0 Å². The fourth-order valence-electron chi connectivity index (χ4n) is 4.03. The average Bonchev–Trinajstić information content (AvgIpc) is 2.69. The molecule has 5 heteroatoms. The van der Waals surface area contributed by atoms with Crippen LogP contribution in [0, 0.1) is 23.4 Å². The Morgan fingerprint density at radius 2 is 1.63 bits per heavy atom. The van der Waals surface area contributed by atoms with Gasteiger partial charge in [-0.2, -0.15) is 0 Å². The maximum atomic E-state index is 14.1. The van der Waals surface area contributed by atoms with Crippen LogP contribution in [-0.4, -0.2) is 12.2 Å². The zero-order valence-corrected chi connectivity index (χ0v) is 15.5. The maximum Gasteiger partial charge on any atom is 0.165 e. The van der Waals surface area contributed by atoms with Crippen LogP contribution in [0.5, 0.6) is 5.75 Å². The van der Waals surface area contributed by atoms with Crippen LogP contribution in [0.1, 0.15) is 54.7 Å². The number of hydrogen-bond donors (Lipinski definition) is 1. The molecule has 27 heavy (non-hydrogen) atoms. The summed E-state index contributed by atoms with van der Waals surface area (Å²) in [6.07, 6.45) is 5.22. The van der Waals surface area contributed by atoms with Gasteiger partial charge in [0.25, 0.3) is 0 Å². The fraction of sp³-hybridized carbons (Fsp3) is 0.455. The lowest BCUT2D eigenvalue weighted by Crippen LogP contribution is -2.14. The summed E-state index contributed by atoms with van der Waals surface area (Å²) in [7, 11) is 1.45. The number of ether oxygens (including phenoxy) is 1. The topological polar surface area (TPSA) is 29.5 Å². The van der Waals surface area contributed by atoms with E-state index < -0.39 is 18.2 Å². The van der Waals surface area contributed by atoms with E-state index in [1.807, 2.05) is 6.07 Å². The molecular weight excluding hydrogens is 353 g/mol. The SMILES string of the molecule is COc1ccc(C2CCC(CCc3ccc(CO)c(F)c3F)CC2)cc1F. The first-order valence-corrected chi connectivity index (χ1v) is 9.43. The molecule has 0 aromatic heterocycles. The van der Waals surface area contributed by atoms with Crippen LogP contribution < -0.4 is 4.74 Å². The largest absolute Gasteiger partial charge is 0.494 e. The van der Waals surface area contributed by atoms with Gasteiger partial charge in [-0.05, 0) is 73.6 Å². The zero-order valence-electron chi connectivity index (χ0n) is 15.5. The van der Waals surface area contributed by atoms with E-state index >= 15 is 0 Å². The van der Waals surface area contributed by atoms with E-state index in [2.05, 4.69) is 0 Å². The number of benzene rings is 2. The summed E-state index contributed by atoms with van der Waals surface area (Å²) in [4.78, 5) is 0. The lowest BCUT2D eigenvalue weighted by atomic mass is 9.77. The van der Waals surface area contributed by atoms with Crippen LogP contribution in [0.25, 0.3) is 0 Å². The molecule has 0 atom stereocenters. The quantitative estimate of drug-likeness (QED) is 0.718. The molecule has 2 nitrogen and oxygen atoms in total. The van der Waals surface area contributed by atoms with Gasteiger partial charge in [0, 0.05) is 5.56 Å². The summed E-state index contributed by atoms with van der Waals surface area (Å²) in [5, 5.41) is 9.00. The molecule has 0 unspecified atom stereocenters. The van der Waals surface area contributed by atoms with Crippen LogP contribution in [0.4, 0.5) is 13.2 Å². The van der Waals surface area contributed by atoms with E-state index in [1.165, 1.54) is 13.2 Å². The number of methoxy groups -OCH3 is 1. The Balaban J connectivity index is 1.54. The Bertz CT molecular complexity index is 783. The Hall–Kier alpha value is -2.01. The van der Waals surface area contributed by atoms with Crippen molar-refractivity contribution in [2.45, 2.75) is 51.0 Å². The molecule has 1 aliphatic rings. The molecule has 1 saturated carbocycles. The molecule has 1 aliphatic carbocycles. The van der Waals surface area contributed by atoms with Crippen molar-refractivity contribution < 1.29 is 23.0 Å². The van der Waals surface area contributed by atoms with E-state index in [-0.39, 0.29) is 17.1 Å². The number of aryl methyl sites for hydroxylation is 1. The second-order valence-electron chi connectivity index (χ2n) is 7.32. The first-order valence-electron chi connectivity index (χ1n) is 9.43. The van der Waals surface area contributed by atoms with Gasteiger partial charge in [-0.1, -0.05) is 18.2 Å². The minimum absolute atomic E-state index is 0.0107. The third-order valence-corrected chi connectivity index (χ3v) is 5.73. The second-order valence-corrected chi connectivity index (χ2v) is 7.32. The van der Waals surface area contributed by atoms with Gasteiger partial charge in [-0.3, -0.25) is 0 Å². The lowest BCUT2D eigenvalue weighted by molar-refractivity contribution is 0.273. The van der Waals surface area contributed by atoms with Crippen molar-refractivity contribution in [2.75, 3.05) is 7.11 Å². The van der Waals surface area contributed by atoms with Gasteiger partial charge in [0.15, 0.2) is 23.2 Å². The summed E-state index contributed by atoms with van der Waals surface area (Å²) in [6.45, 7) is -0.501. The predicted molar refractivity (Wildman–Crippen MR) is 98.3 cm³/mol. The van der Waals surface area contributed by atoms with Gasteiger partial charge in [-0.25, -0.2) is 13.2 Å². The summed E-state index contributed by atoms with van der Waals surface area (Å²) in [6, 6.07) is 8.17. The lowest BCUT2D eigenvalue weighted by Gasteiger charge is -2.29. The van der Waals surface area contributed by atoms with Crippen molar-refractivity contribution in [1.82, 2.24) is 0 Å². The molecule has 1 fully saturated rings. The van der Waals surface area contributed by atoms with Gasteiger partial charge < -0.3 is 9.84 Å². The number of rotatable bonds is 6. The normalized spacial score (nSPS) is 19.9. The molecule has 0 bridgehead atoms. The predicted octanol–water partition coefficient (Wildman–Crippen LogP) is 5.51. The van der Waals surface area contributed by atoms with Crippen molar-refractivity contribution in [2.24, 2.45) is 5.92 Å². The van der Waals surface area contributed by atoms with Crippen LogP contribution in [-0.2, 0) is 13.0 Å². The zero-order chi connectivity index (χ0) is 19.4. The molecule has 0 amide bonds. The Morgan fingerprint density at radius 3 is 2.26 bits per heavy atom. The summed E-state index contributed by atoms with van der Waals surface area (Å²) in [5.41, 5.74) is 1.35. The van der Waals surface area contributed by atoms with E-state index in [1.54, 1.807) is 18.2 Å². The molecule has 0 radical (unpaired) electrons. The van der Waals surface area contributed by atoms with Crippen LogP contribution in [0.3, 0.4) is 0 Å². The van der Waals surface area contributed by atoms with Gasteiger partial charge in [0.1, 0.15) is 0 Å². The third kappa shape index (κ3) is 4.46. The second kappa shape index (κ2) is 8.79. The highest BCUT2D eigenvalue weighted by Gasteiger charge is 2.23. The molecule has 0 heterocycles. The molecule has 146 valence electrons. The summed E-state index contributed by atoms with van der Waals surface area (Å²) in [5.74, 6) is -1.07. The highest BCUT2D eigenvalue weighted by molar-refractivity contribution is 5.31. The van der Waals surface area contributed by atoms with Crippen LogP contribution in [0.2, 0.25) is 0 Å². The monoisotopic (exact) mass is 378 g/mol. The molecule has 0 saturated heterocycles. The molecule has 2 aromatic carbocycles.